The highest BCUT2D eigenvalue weighted by Crippen LogP contribution is 2.46. The highest BCUT2D eigenvalue weighted by molar-refractivity contribution is 7.27. The molecule has 1 aliphatic heterocycles. The molecule has 0 N–H and O–H groups in total. The molecule has 7 rings (SSSR count). The van der Waals surface area contributed by atoms with Crippen LogP contribution in [0.15, 0.2) is 66.7 Å². The molecule has 0 spiro atoms. The second kappa shape index (κ2) is 6.02. The van der Waals surface area contributed by atoms with Crippen molar-refractivity contribution in [2.75, 3.05) is 0 Å². The van der Waals surface area contributed by atoms with Crippen LogP contribution in [0.4, 0.5) is 0 Å². The summed E-state index contributed by atoms with van der Waals surface area (Å²) < 4.78 is 15.4. The van der Waals surface area contributed by atoms with E-state index >= 15 is 0 Å². The molecule has 4 heteroatoms. The minimum absolute atomic E-state index is 0.346. The van der Waals surface area contributed by atoms with Gasteiger partial charge in [-0.1, -0.05) is 60.7 Å². The quantitative estimate of drug-likeness (QED) is 0.200. The van der Waals surface area contributed by atoms with Gasteiger partial charge >= 0.3 is 7.12 Å². The smallest absolute Gasteiger partial charge is 0.399 e. The average molecular weight is 434 g/mol. The Morgan fingerprint density at radius 1 is 0.656 bits per heavy atom. The van der Waals surface area contributed by atoms with Gasteiger partial charge in [-0.05, 0) is 66.2 Å². The summed E-state index contributed by atoms with van der Waals surface area (Å²) in [5.41, 5.74) is 0.392. The summed E-state index contributed by atoms with van der Waals surface area (Å²) in [5, 5.41) is 10.7. The summed E-state index contributed by atoms with van der Waals surface area (Å²) >= 11 is 1.89. The Kier molecular flexibility index (Phi) is 3.55. The Balaban J connectivity index is 1.58. The van der Waals surface area contributed by atoms with Gasteiger partial charge in [-0.25, -0.2) is 0 Å². The lowest BCUT2D eigenvalue weighted by atomic mass is 9.78. The van der Waals surface area contributed by atoms with Gasteiger partial charge < -0.3 is 9.31 Å². The summed E-state index contributed by atoms with van der Waals surface area (Å²) in [4.78, 5) is 0. The monoisotopic (exact) mass is 434 g/mol. The van der Waals surface area contributed by atoms with Crippen LogP contribution < -0.4 is 5.46 Å². The second-order valence-electron chi connectivity index (χ2n) is 10.0. The van der Waals surface area contributed by atoms with Gasteiger partial charge in [-0.3, -0.25) is 0 Å². The molecule has 1 aromatic heterocycles. The van der Waals surface area contributed by atoms with Gasteiger partial charge in [0, 0.05) is 25.6 Å². The molecule has 0 radical (unpaired) electrons. The van der Waals surface area contributed by atoms with Crippen molar-refractivity contribution in [3.8, 4) is 0 Å². The van der Waals surface area contributed by atoms with E-state index in [4.69, 9.17) is 9.31 Å². The number of fused-ring (bicyclic) bond motifs is 5. The van der Waals surface area contributed by atoms with Crippen molar-refractivity contribution < 1.29 is 9.31 Å². The van der Waals surface area contributed by atoms with E-state index in [1.54, 1.807) is 0 Å². The van der Waals surface area contributed by atoms with Crippen molar-refractivity contribution in [2.24, 2.45) is 0 Å². The Morgan fingerprint density at radius 2 is 1.28 bits per heavy atom. The molecular formula is C28H23BO2S. The van der Waals surface area contributed by atoms with Crippen LogP contribution in [0.3, 0.4) is 0 Å². The summed E-state index contributed by atoms with van der Waals surface area (Å²) in [6.07, 6.45) is 0. The largest absolute Gasteiger partial charge is 0.494 e. The van der Waals surface area contributed by atoms with Gasteiger partial charge in [0.05, 0.1) is 11.2 Å². The van der Waals surface area contributed by atoms with Crippen LogP contribution in [0.5, 0.6) is 0 Å². The molecule has 1 aliphatic rings. The van der Waals surface area contributed by atoms with Crippen molar-refractivity contribution in [2.45, 2.75) is 38.9 Å². The lowest BCUT2D eigenvalue weighted by Crippen LogP contribution is -2.41. The first-order valence-electron chi connectivity index (χ1n) is 11.2. The number of thiophene rings is 1. The van der Waals surface area contributed by atoms with E-state index in [1.807, 2.05) is 11.3 Å². The predicted octanol–water partition coefficient (Wildman–Crippen LogP) is 7.25. The molecule has 5 aromatic carbocycles. The third-order valence-electron chi connectivity index (χ3n) is 7.64. The fourth-order valence-electron chi connectivity index (χ4n) is 5.25. The van der Waals surface area contributed by atoms with Crippen LogP contribution in [0, 0.1) is 0 Å². The van der Waals surface area contributed by atoms with Crippen molar-refractivity contribution in [3.63, 3.8) is 0 Å². The van der Waals surface area contributed by atoms with Gasteiger partial charge in [0.25, 0.3) is 0 Å². The minimum atomic E-state index is -0.352. The standard InChI is InChI=1S/C28H23BO2S/c1-27(2)28(3,4)31-29(30-27)18-13-14-22-21(15-18)25-19-9-5-7-16-11-12-17-8-6-10-20(26(25)32-22)24(17)23(16)19/h5-15H,1-4H3. The van der Waals surface area contributed by atoms with Gasteiger partial charge in [0.2, 0.25) is 0 Å². The number of benzene rings is 5. The molecule has 0 amide bonds. The van der Waals surface area contributed by atoms with Crippen LogP contribution >= 0.6 is 11.3 Å². The predicted molar refractivity (Wildman–Crippen MR) is 139 cm³/mol. The van der Waals surface area contributed by atoms with E-state index in [2.05, 4.69) is 94.4 Å². The normalized spacial score (nSPS) is 18.2. The van der Waals surface area contributed by atoms with Crippen molar-refractivity contribution in [3.05, 3.63) is 66.7 Å². The molecule has 6 aromatic rings. The Morgan fingerprint density at radius 3 is 1.97 bits per heavy atom. The maximum Gasteiger partial charge on any atom is 0.494 e. The van der Waals surface area contributed by atoms with E-state index in [0.29, 0.717) is 0 Å². The molecule has 0 unspecified atom stereocenters. The third kappa shape index (κ3) is 2.33. The first kappa shape index (κ1) is 18.9. The summed E-state index contributed by atoms with van der Waals surface area (Å²) in [5.74, 6) is 0. The molecule has 2 nitrogen and oxygen atoms in total. The van der Waals surface area contributed by atoms with E-state index in [1.165, 1.54) is 52.5 Å². The summed E-state index contributed by atoms with van der Waals surface area (Å²) in [6.45, 7) is 8.43. The zero-order valence-corrected chi connectivity index (χ0v) is 19.5. The zero-order chi connectivity index (χ0) is 21.8. The Labute approximate surface area is 191 Å². The zero-order valence-electron chi connectivity index (χ0n) is 18.7. The Bertz CT molecular complexity index is 1680. The lowest BCUT2D eigenvalue weighted by molar-refractivity contribution is 0.00578. The topological polar surface area (TPSA) is 18.5 Å². The summed E-state index contributed by atoms with van der Waals surface area (Å²) in [7, 11) is -0.352. The van der Waals surface area contributed by atoms with Gasteiger partial charge in [0.1, 0.15) is 0 Å². The molecule has 32 heavy (non-hydrogen) atoms. The molecule has 0 atom stereocenters. The molecule has 2 heterocycles. The molecule has 0 aliphatic carbocycles. The molecular weight excluding hydrogens is 411 g/mol. The number of hydrogen-bond acceptors (Lipinski definition) is 3. The van der Waals surface area contributed by atoms with Crippen LogP contribution in [0.1, 0.15) is 27.7 Å². The summed E-state index contributed by atoms with van der Waals surface area (Å²) in [6, 6.07) is 24.6. The Hall–Kier alpha value is -2.66. The van der Waals surface area contributed by atoms with Crippen molar-refractivity contribution in [1.29, 1.82) is 0 Å². The highest BCUT2D eigenvalue weighted by atomic mass is 32.1. The third-order valence-corrected chi connectivity index (χ3v) is 8.84. The number of hydrogen-bond donors (Lipinski definition) is 0. The maximum atomic E-state index is 6.36. The van der Waals surface area contributed by atoms with Crippen LogP contribution in [0.2, 0.25) is 0 Å². The first-order chi connectivity index (χ1) is 15.3. The van der Waals surface area contributed by atoms with Crippen LogP contribution in [0.25, 0.3) is 52.5 Å². The van der Waals surface area contributed by atoms with Crippen molar-refractivity contribution in [1.82, 2.24) is 0 Å². The highest BCUT2D eigenvalue weighted by Gasteiger charge is 2.51. The lowest BCUT2D eigenvalue weighted by Gasteiger charge is -2.32. The fourth-order valence-corrected chi connectivity index (χ4v) is 6.48. The van der Waals surface area contributed by atoms with Crippen LogP contribution in [-0.4, -0.2) is 18.3 Å². The minimum Gasteiger partial charge on any atom is -0.399 e. The van der Waals surface area contributed by atoms with Gasteiger partial charge in [-0.15, -0.1) is 11.3 Å². The SMILES string of the molecule is CC1(C)OB(c2ccc3sc4c5cccc6ccc7cccc(c4c3c2)c7c65)OC1(C)C. The van der Waals surface area contributed by atoms with Crippen molar-refractivity contribution >= 4 is 76.4 Å². The second-order valence-corrected chi connectivity index (χ2v) is 11.1. The molecule has 0 bridgehead atoms. The van der Waals surface area contributed by atoms with E-state index in [9.17, 15) is 0 Å². The fraction of sp³-hybridized carbons (Fsp3) is 0.214. The molecule has 1 fully saturated rings. The molecule has 156 valence electrons. The average Bonchev–Trinajstić information content (AvgIpc) is 3.26. The molecule has 1 saturated heterocycles. The van der Waals surface area contributed by atoms with Gasteiger partial charge in [-0.2, -0.15) is 0 Å². The first-order valence-corrected chi connectivity index (χ1v) is 12.0. The molecule has 0 saturated carbocycles. The maximum absolute atomic E-state index is 6.36. The van der Waals surface area contributed by atoms with Gasteiger partial charge in [0.15, 0.2) is 0 Å². The van der Waals surface area contributed by atoms with E-state index < -0.39 is 0 Å². The van der Waals surface area contributed by atoms with Crippen LogP contribution in [-0.2, 0) is 9.31 Å². The van der Waals surface area contributed by atoms with E-state index in [0.717, 1.165) is 5.46 Å². The van der Waals surface area contributed by atoms with E-state index in [-0.39, 0.29) is 18.3 Å². The number of rotatable bonds is 1.